The summed E-state index contributed by atoms with van der Waals surface area (Å²) < 4.78 is 1.16. The zero-order chi connectivity index (χ0) is 9.68. The fourth-order valence-electron chi connectivity index (χ4n) is 1.07. The molecule has 0 radical (unpaired) electrons. The quantitative estimate of drug-likeness (QED) is 0.623. The number of benzene rings is 1. The minimum absolute atomic E-state index is 0.933. The van der Waals surface area contributed by atoms with E-state index in [1.54, 1.807) is 0 Å². The normalized spacial score (nSPS) is 10.1. The standard InChI is InChI=1S/C10H14BrNS/c1-8-7-9(3-4-10(8)11)12-5-2-6-13/h3-4,7,12-13H,2,5-6H2,1H3. The van der Waals surface area contributed by atoms with Crippen molar-refractivity contribution in [2.24, 2.45) is 0 Å². The third-order valence-corrected chi connectivity index (χ3v) is 3.03. The average Bonchev–Trinajstić information content (AvgIpc) is 2.12. The van der Waals surface area contributed by atoms with Gasteiger partial charge in [-0.05, 0) is 42.9 Å². The van der Waals surface area contributed by atoms with Crippen LogP contribution in [0.5, 0.6) is 0 Å². The van der Waals surface area contributed by atoms with Crippen LogP contribution in [0.25, 0.3) is 0 Å². The van der Waals surface area contributed by atoms with Crippen LogP contribution in [0.15, 0.2) is 22.7 Å². The smallest absolute Gasteiger partial charge is 0.0343 e. The van der Waals surface area contributed by atoms with Crippen LogP contribution in [-0.4, -0.2) is 12.3 Å². The number of rotatable bonds is 4. The van der Waals surface area contributed by atoms with Crippen molar-refractivity contribution >= 4 is 34.2 Å². The first kappa shape index (κ1) is 10.9. The molecule has 0 saturated heterocycles. The maximum Gasteiger partial charge on any atom is 0.0343 e. The number of halogens is 1. The topological polar surface area (TPSA) is 12.0 Å². The van der Waals surface area contributed by atoms with Gasteiger partial charge in [0.1, 0.15) is 0 Å². The lowest BCUT2D eigenvalue weighted by Crippen LogP contribution is -2.01. The first-order valence-electron chi connectivity index (χ1n) is 4.35. The summed E-state index contributed by atoms with van der Waals surface area (Å²) in [4.78, 5) is 0. The Balaban J connectivity index is 2.53. The Hall–Kier alpha value is -0.150. The predicted octanol–water partition coefficient (Wildman–Crippen LogP) is 3.49. The van der Waals surface area contributed by atoms with Gasteiger partial charge in [-0.25, -0.2) is 0 Å². The first-order valence-corrected chi connectivity index (χ1v) is 5.77. The molecule has 0 saturated carbocycles. The predicted molar refractivity (Wildman–Crippen MR) is 65.8 cm³/mol. The van der Waals surface area contributed by atoms with Gasteiger partial charge in [-0.2, -0.15) is 12.6 Å². The molecule has 1 aromatic rings. The molecule has 1 nitrogen and oxygen atoms in total. The lowest BCUT2D eigenvalue weighted by Gasteiger charge is -2.06. The number of aryl methyl sites for hydroxylation is 1. The van der Waals surface area contributed by atoms with Crippen LogP contribution >= 0.6 is 28.6 Å². The van der Waals surface area contributed by atoms with Gasteiger partial charge in [0.25, 0.3) is 0 Å². The van der Waals surface area contributed by atoms with Crippen LogP contribution in [0.4, 0.5) is 5.69 Å². The third kappa shape index (κ3) is 3.61. The van der Waals surface area contributed by atoms with Crippen LogP contribution in [0.2, 0.25) is 0 Å². The Bertz CT molecular complexity index is 276. The zero-order valence-corrected chi connectivity index (χ0v) is 10.2. The summed E-state index contributed by atoms with van der Waals surface area (Å²) in [5, 5.41) is 3.34. The van der Waals surface area contributed by atoms with Gasteiger partial charge in [0.15, 0.2) is 0 Å². The number of hydrogen-bond acceptors (Lipinski definition) is 2. The lowest BCUT2D eigenvalue weighted by atomic mass is 10.2. The molecule has 0 atom stereocenters. The van der Waals surface area contributed by atoms with Crippen LogP contribution in [0.1, 0.15) is 12.0 Å². The molecule has 0 heterocycles. The van der Waals surface area contributed by atoms with Gasteiger partial charge in [-0.1, -0.05) is 15.9 Å². The van der Waals surface area contributed by atoms with Crippen LogP contribution in [0, 0.1) is 6.92 Å². The van der Waals surface area contributed by atoms with Crippen molar-refractivity contribution in [1.29, 1.82) is 0 Å². The van der Waals surface area contributed by atoms with Crippen LogP contribution < -0.4 is 5.32 Å². The molecule has 0 aromatic heterocycles. The molecular formula is C10H14BrNS. The van der Waals surface area contributed by atoms with E-state index < -0.39 is 0 Å². The molecule has 0 bridgehead atoms. The summed E-state index contributed by atoms with van der Waals surface area (Å²) in [6, 6.07) is 6.29. The Morgan fingerprint density at radius 1 is 1.46 bits per heavy atom. The van der Waals surface area contributed by atoms with Crippen LogP contribution in [0.3, 0.4) is 0 Å². The van der Waals surface area contributed by atoms with E-state index in [2.05, 4.69) is 59.0 Å². The minimum atomic E-state index is 0.933. The molecule has 0 spiro atoms. The molecule has 72 valence electrons. The Kier molecular flexibility index (Phi) is 4.67. The second-order valence-electron chi connectivity index (χ2n) is 2.97. The Morgan fingerprint density at radius 2 is 2.23 bits per heavy atom. The summed E-state index contributed by atoms with van der Waals surface area (Å²) in [6.07, 6.45) is 1.10. The minimum Gasteiger partial charge on any atom is -0.385 e. The molecule has 0 amide bonds. The van der Waals surface area contributed by atoms with Gasteiger partial charge >= 0.3 is 0 Å². The van der Waals surface area contributed by atoms with Gasteiger partial charge < -0.3 is 5.32 Å². The summed E-state index contributed by atoms with van der Waals surface area (Å²) in [7, 11) is 0. The third-order valence-electron chi connectivity index (χ3n) is 1.82. The summed E-state index contributed by atoms with van der Waals surface area (Å²) >= 11 is 7.63. The van der Waals surface area contributed by atoms with Crippen molar-refractivity contribution in [3.05, 3.63) is 28.2 Å². The zero-order valence-electron chi connectivity index (χ0n) is 7.68. The van der Waals surface area contributed by atoms with E-state index in [0.29, 0.717) is 0 Å². The average molecular weight is 260 g/mol. The Labute approximate surface area is 93.5 Å². The fraction of sp³-hybridized carbons (Fsp3) is 0.400. The van der Waals surface area contributed by atoms with Crippen molar-refractivity contribution in [2.75, 3.05) is 17.6 Å². The second kappa shape index (κ2) is 5.55. The van der Waals surface area contributed by atoms with E-state index in [4.69, 9.17) is 0 Å². The van der Waals surface area contributed by atoms with E-state index in [-0.39, 0.29) is 0 Å². The highest BCUT2D eigenvalue weighted by Crippen LogP contribution is 2.19. The largest absolute Gasteiger partial charge is 0.385 e. The van der Waals surface area contributed by atoms with E-state index in [0.717, 1.165) is 23.2 Å². The van der Waals surface area contributed by atoms with Gasteiger partial charge in [-0.15, -0.1) is 0 Å². The van der Waals surface area contributed by atoms with E-state index in [1.165, 1.54) is 11.3 Å². The summed E-state index contributed by atoms with van der Waals surface area (Å²) in [6.45, 7) is 3.08. The molecule has 0 unspecified atom stereocenters. The molecule has 0 fully saturated rings. The Morgan fingerprint density at radius 3 is 2.85 bits per heavy atom. The molecule has 1 aromatic carbocycles. The first-order chi connectivity index (χ1) is 6.24. The molecule has 0 aliphatic carbocycles. The maximum atomic E-state index is 4.16. The highest BCUT2D eigenvalue weighted by atomic mass is 79.9. The number of hydrogen-bond donors (Lipinski definition) is 2. The van der Waals surface area contributed by atoms with E-state index >= 15 is 0 Å². The van der Waals surface area contributed by atoms with Crippen molar-refractivity contribution in [2.45, 2.75) is 13.3 Å². The number of thiol groups is 1. The summed E-state index contributed by atoms with van der Waals surface area (Å²) in [5.74, 6) is 0.933. The van der Waals surface area contributed by atoms with Gasteiger partial charge in [0, 0.05) is 16.7 Å². The maximum absolute atomic E-state index is 4.16. The van der Waals surface area contributed by atoms with Gasteiger partial charge in [-0.3, -0.25) is 0 Å². The number of nitrogens with one attached hydrogen (secondary N) is 1. The molecular weight excluding hydrogens is 246 g/mol. The van der Waals surface area contributed by atoms with Crippen LogP contribution in [-0.2, 0) is 0 Å². The van der Waals surface area contributed by atoms with E-state index in [9.17, 15) is 0 Å². The van der Waals surface area contributed by atoms with Crippen molar-refractivity contribution < 1.29 is 0 Å². The van der Waals surface area contributed by atoms with Crippen molar-refractivity contribution in [3.8, 4) is 0 Å². The molecule has 3 heteroatoms. The van der Waals surface area contributed by atoms with E-state index in [1.807, 2.05) is 0 Å². The molecule has 1 rings (SSSR count). The lowest BCUT2D eigenvalue weighted by molar-refractivity contribution is 0.995. The number of anilines is 1. The second-order valence-corrected chi connectivity index (χ2v) is 4.27. The SMILES string of the molecule is Cc1cc(NCCCS)ccc1Br. The van der Waals surface area contributed by atoms with Gasteiger partial charge in [0.05, 0.1) is 0 Å². The molecule has 13 heavy (non-hydrogen) atoms. The fourth-order valence-corrected chi connectivity index (χ4v) is 1.47. The molecule has 1 N–H and O–H groups in total. The van der Waals surface area contributed by atoms with Crippen molar-refractivity contribution in [3.63, 3.8) is 0 Å². The molecule has 0 aliphatic heterocycles. The van der Waals surface area contributed by atoms with Crippen molar-refractivity contribution in [1.82, 2.24) is 0 Å². The highest BCUT2D eigenvalue weighted by molar-refractivity contribution is 9.10. The molecule has 0 aliphatic rings. The van der Waals surface area contributed by atoms with Gasteiger partial charge in [0.2, 0.25) is 0 Å². The summed E-state index contributed by atoms with van der Waals surface area (Å²) in [5.41, 5.74) is 2.44. The highest BCUT2D eigenvalue weighted by Gasteiger charge is 1.95. The monoisotopic (exact) mass is 259 g/mol.